The Morgan fingerprint density at radius 1 is 1.11 bits per heavy atom. The van der Waals surface area contributed by atoms with E-state index in [9.17, 15) is 9.59 Å². The Kier molecular flexibility index (Phi) is 8.02. The van der Waals surface area contributed by atoms with Crippen molar-refractivity contribution in [3.63, 3.8) is 0 Å². The van der Waals surface area contributed by atoms with Crippen molar-refractivity contribution in [1.29, 1.82) is 0 Å². The maximum Gasteiger partial charge on any atom is 0.271 e. The predicted octanol–water partition coefficient (Wildman–Crippen LogP) is 4.41. The van der Waals surface area contributed by atoms with Gasteiger partial charge in [-0.25, -0.2) is 5.43 Å². The molecule has 8 heteroatoms. The molecule has 2 rings (SSSR count). The van der Waals surface area contributed by atoms with Gasteiger partial charge in [-0.15, -0.1) is 0 Å². The highest BCUT2D eigenvalue weighted by atomic mass is 127. The number of nitrogens with zero attached hydrogens (tertiary/aromatic N) is 1. The monoisotopic (exact) mass is 591 g/mol. The van der Waals surface area contributed by atoms with E-state index in [0.717, 1.165) is 18.5 Å². The van der Waals surface area contributed by atoms with E-state index in [1.165, 1.54) is 6.92 Å². The van der Waals surface area contributed by atoms with Gasteiger partial charge >= 0.3 is 0 Å². The standard InChI is InChI=1S/C19H19I2N3O3/c1-11(2)27-18-16(20)8-13(9-17(18)21)10-22-24-19(26)14-4-6-15(7-5-14)23-12(3)25/h4-11H,1-3H3,(H,23,25)(H,24,26)/b22-10-. The number of hydrogen-bond acceptors (Lipinski definition) is 4. The molecule has 2 amide bonds. The molecule has 2 aromatic rings. The molecule has 0 spiro atoms. The van der Waals surface area contributed by atoms with Crippen LogP contribution in [-0.4, -0.2) is 24.1 Å². The third kappa shape index (κ3) is 6.76. The second-order valence-corrected chi connectivity index (χ2v) is 8.26. The molecule has 142 valence electrons. The average Bonchev–Trinajstić information content (AvgIpc) is 2.58. The molecule has 0 aliphatic carbocycles. The SMILES string of the molecule is CC(=O)Nc1ccc(C(=O)N/N=C\c2cc(I)c(OC(C)C)c(I)c2)cc1. The number of carbonyl (C=O) groups excluding carboxylic acids is 2. The van der Waals surface area contributed by atoms with Crippen molar-refractivity contribution in [2.45, 2.75) is 26.9 Å². The summed E-state index contributed by atoms with van der Waals surface area (Å²) in [7, 11) is 0. The van der Waals surface area contributed by atoms with Crippen LogP contribution in [0.15, 0.2) is 41.5 Å². The van der Waals surface area contributed by atoms with Crippen LogP contribution in [0.4, 0.5) is 5.69 Å². The zero-order valence-electron chi connectivity index (χ0n) is 15.0. The van der Waals surface area contributed by atoms with Gasteiger partial charge in [-0.2, -0.15) is 5.10 Å². The maximum atomic E-state index is 12.1. The zero-order chi connectivity index (χ0) is 20.0. The Labute approximate surface area is 185 Å². The maximum absolute atomic E-state index is 12.1. The van der Waals surface area contributed by atoms with E-state index in [2.05, 4.69) is 61.0 Å². The van der Waals surface area contributed by atoms with Crippen LogP contribution in [0.2, 0.25) is 0 Å². The van der Waals surface area contributed by atoms with Gasteiger partial charge in [0.2, 0.25) is 5.91 Å². The highest BCUT2D eigenvalue weighted by molar-refractivity contribution is 14.1. The second kappa shape index (κ2) is 10.0. The molecule has 27 heavy (non-hydrogen) atoms. The van der Waals surface area contributed by atoms with E-state index in [4.69, 9.17) is 4.74 Å². The van der Waals surface area contributed by atoms with Gasteiger partial charge in [-0.1, -0.05) is 0 Å². The Morgan fingerprint density at radius 3 is 2.22 bits per heavy atom. The quantitative estimate of drug-likeness (QED) is 0.297. The smallest absolute Gasteiger partial charge is 0.271 e. The van der Waals surface area contributed by atoms with Gasteiger partial charge in [-0.05, 0) is 101 Å². The molecule has 0 radical (unpaired) electrons. The molecule has 0 heterocycles. The van der Waals surface area contributed by atoms with Gasteiger partial charge < -0.3 is 10.1 Å². The largest absolute Gasteiger partial charge is 0.489 e. The molecule has 0 aromatic heterocycles. The van der Waals surface area contributed by atoms with Gasteiger partial charge in [0.1, 0.15) is 5.75 Å². The van der Waals surface area contributed by atoms with Gasteiger partial charge in [0.05, 0.1) is 19.5 Å². The highest BCUT2D eigenvalue weighted by Crippen LogP contribution is 2.29. The number of benzene rings is 2. The molecule has 0 atom stereocenters. The molecular weight excluding hydrogens is 572 g/mol. The number of carbonyl (C=O) groups is 2. The topological polar surface area (TPSA) is 79.8 Å². The summed E-state index contributed by atoms with van der Waals surface area (Å²) in [5.41, 5.74) is 4.45. The van der Waals surface area contributed by atoms with Crippen LogP contribution in [0, 0.1) is 7.14 Å². The third-order valence-electron chi connectivity index (χ3n) is 3.22. The van der Waals surface area contributed by atoms with E-state index in [-0.39, 0.29) is 17.9 Å². The van der Waals surface area contributed by atoms with E-state index in [1.54, 1.807) is 30.5 Å². The van der Waals surface area contributed by atoms with Crippen LogP contribution in [0.3, 0.4) is 0 Å². The summed E-state index contributed by atoms with van der Waals surface area (Å²) in [5, 5.41) is 6.67. The predicted molar refractivity (Wildman–Crippen MR) is 123 cm³/mol. The lowest BCUT2D eigenvalue weighted by molar-refractivity contribution is -0.114. The Hall–Kier alpha value is -1.69. The lowest BCUT2D eigenvalue weighted by atomic mass is 10.2. The van der Waals surface area contributed by atoms with E-state index >= 15 is 0 Å². The van der Waals surface area contributed by atoms with Crippen molar-refractivity contribution in [3.05, 3.63) is 54.7 Å². The van der Waals surface area contributed by atoms with Crippen LogP contribution in [0.1, 0.15) is 36.7 Å². The molecule has 0 saturated carbocycles. The summed E-state index contributed by atoms with van der Waals surface area (Å²) >= 11 is 4.44. The summed E-state index contributed by atoms with van der Waals surface area (Å²) in [5.74, 6) is 0.363. The molecule has 0 bridgehead atoms. The number of ether oxygens (including phenoxy) is 1. The molecule has 0 saturated heterocycles. The molecule has 0 unspecified atom stereocenters. The van der Waals surface area contributed by atoms with E-state index < -0.39 is 0 Å². The number of rotatable bonds is 6. The zero-order valence-corrected chi connectivity index (χ0v) is 19.4. The second-order valence-electron chi connectivity index (χ2n) is 5.94. The molecule has 0 aliphatic heterocycles. The minimum atomic E-state index is -0.329. The van der Waals surface area contributed by atoms with Crippen LogP contribution in [-0.2, 0) is 4.79 Å². The van der Waals surface area contributed by atoms with Gasteiger partial charge in [-0.3, -0.25) is 9.59 Å². The summed E-state index contributed by atoms with van der Waals surface area (Å²) < 4.78 is 7.77. The number of hydrogen-bond donors (Lipinski definition) is 2. The van der Waals surface area contributed by atoms with Crippen molar-refractivity contribution in [3.8, 4) is 5.75 Å². The molecule has 6 nitrogen and oxygen atoms in total. The van der Waals surface area contributed by atoms with Crippen LogP contribution in [0.5, 0.6) is 5.75 Å². The molecule has 0 fully saturated rings. The lowest BCUT2D eigenvalue weighted by Crippen LogP contribution is -2.17. The fourth-order valence-electron chi connectivity index (χ4n) is 2.14. The number of amides is 2. The van der Waals surface area contributed by atoms with Crippen molar-refractivity contribution < 1.29 is 14.3 Å². The van der Waals surface area contributed by atoms with E-state index in [0.29, 0.717) is 11.3 Å². The van der Waals surface area contributed by atoms with E-state index in [1.807, 2.05) is 26.0 Å². The Morgan fingerprint density at radius 2 is 1.70 bits per heavy atom. The number of hydrazone groups is 1. The Balaban J connectivity index is 2.02. The van der Waals surface area contributed by atoms with Crippen molar-refractivity contribution in [2.24, 2.45) is 5.10 Å². The van der Waals surface area contributed by atoms with Crippen molar-refractivity contribution in [1.82, 2.24) is 5.43 Å². The van der Waals surface area contributed by atoms with Crippen molar-refractivity contribution >= 4 is 68.9 Å². The fourth-order valence-corrected chi connectivity index (χ4v) is 4.21. The van der Waals surface area contributed by atoms with Crippen molar-refractivity contribution in [2.75, 3.05) is 5.32 Å². The van der Waals surface area contributed by atoms with Crippen LogP contribution >= 0.6 is 45.2 Å². The number of nitrogens with one attached hydrogen (secondary N) is 2. The van der Waals surface area contributed by atoms with Crippen LogP contribution < -0.4 is 15.5 Å². The normalized spacial score (nSPS) is 10.9. The minimum Gasteiger partial charge on any atom is -0.489 e. The highest BCUT2D eigenvalue weighted by Gasteiger charge is 2.10. The fraction of sp³-hybridized carbons (Fsp3) is 0.211. The first-order valence-corrected chi connectivity index (χ1v) is 10.3. The molecule has 0 aliphatic rings. The average molecular weight is 591 g/mol. The molecule has 2 N–H and O–H groups in total. The first-order valence-electron chi connectivity index (χ1n) is 8.13. The third-order valence-corrected chi connectivity index (χ3v) is 4.82. The van der Waals surface area contributed by atoms with Gasteiger partial charge in [0.15, 0.2) is 0 Å². The number of halogens is 2. The van der Waals surface area contributed by atoms with Gasteiger partial charge in [0, 0.05) is 18.2 Å². The first-order chi connectivity index (χ1) is 12.8. The lowest BCUT2D eigenvalue weighted by Gasteiger charge is -2.14. The Bertz CT molecular complexity index is 842. The summed E-state index contributed by atoms with van der Waals surface area (Å²) in [4.78, 5) is 23.2. The summed E-state index contributed by atoms with van der Waals surface area (Å²) in [6.45, 7) is 5.40. The molecule has 2 aromatic carbocycles. The summed E-state index contributed by atoms with van der Waals surface area (Å²) in [6, 6.07) is 10.5. The first kappa shape index (κ1) is 21.6. The molecular formula is C19H19I2N3O3. The minimum absolute atomic E-state index is 0.0999. The summed E-state index contributed by atoms with van der Waals surface area (Å²) in [6.07, 6.45) is 1.69. The van der Waals surface area contributed by atoms with Gasteiger partial charge in [0.25, 0.3) is 5.91 Å². The number of anilines is 1. The van der Waals surface area contributed by atoms with Crippen LogP contribution in [0.25, 0.3) is 0 Å².